The van der Waals surface area contributed by atoms with E-state index in [9.17, 15) is 31.5 Å². The highest BCUT2D eigenvalue weighted by Gasteiger charge is 2.41. The Labute approximate surface area is 257 Å². The Hall–Kier alpha value is -3.23. The third-order valence-electron chi connectivity index (χ3n) is 8.26. The monoisotopic (exact) mass is 657 g/mol. The Morgan fingerprint density at radius 2 is 1.84 bits per heavy atom. The number of aromatic nitrogens is 2. The quantitative estimate of drug-likeness (QED) is 0.204. The number of amides is 1. The van der Waals surface area contributed by atoms with Crippen molar-refractivity contribution in [3.63, 3.8) is 0 Å². The van der Waals surface area contributed by atoms with Crippen molar-refractivity contribution in [2.24, 2.45) is 0 Å². The van der Waals surface area contributed by atoms with E-state index < -0.39 is 57.4 Å². The van der Waals surface area contributed by atoms with Crippen molar-refractivity contribution in [2.45, 2.75) is 29.7 Å². The van der Waals surface area contributed by atoms with E-state index in [4.69, 9.17) is 11.6 Å². The van der Waals surface area contributed by atoms with Crippen molar-refractivity contribution in [2.75, 3.05) is 56.5 Å². The molecule has 44 heavy (non-hydrogen) atoms. The normalized spacial score (nSPS) is 20.9. The smallest absolute Gasteiger partial charge is 0.352 e. The van der Waals surface area contributed by atoms with Gasteiger partial charge in [0.05, 0.1) is 22.1 Å². The van der Waals surface area contributed by atoms with Gasteiger partial charge in [-0.25, -0.2) is 18.0 Å². The first-order chi connectivity index (χ1) is 20.9. The molecule has 3 aromatic rings. The number of anilines is 1. The minimum atomic E-state index is -4.98. The minimum Gasteiger partial charge on any atom is -0.352 e. The lowest BCUT2D eigenvalue weighted by molar-refractivity contribution is -0.137. The van der Waals surface area contributed by atoms with E-state index in [1.807, 2.05) is 4.90 Å². The second-order valence-electron chi connectivity index (χ2n) is 11.0. The van der Waals surface area contributed by atoms with Crippen molar-refractivity contribution in [1.82, 2.24) is 19.4 Å². The van der Waals surface area contributed by atoms with Gasteiger partial charge in [0.15, 0.2) is 0 Å². The summed E-state index contributed by atoms with van der Waals surface area (Å²) < 4.78 is 89.0. The van der Waals surface area contributed by atoms with Gasteiger partial charge < -0.3 is 9.80 Å². The van der Waals surface area contributed by atoms with Crippen LogP contribution < -0.4 is 10.6 Å². The van der Waals surface area contributed by atoms with E-state index in [0.717, 1.165) is 23.9 Å². The molecule has 234 valence electrons. The number of rotatable bonds is 5. The minimum absolute atomic E-state index is 0.00843. The lowest BCUT2D eigenvalue weighted by Gasteiger charge is -2.37. The molecular formula is C29H26ClF6N5O2S. The Morgan fingerprint density at radius 3 is 2.48 bits per heavy atom. The average Bonchev–Trinajstić information content (AvgIpc) is 3.40. The molecule has 2 saturated heterocycles. The summed E-state index contributed by atoms with van der Waals surface area (Å²) in [6.45, 7) is 5.20. The summed E-state index contributed by atoms with van der Waals surface area (Å²) >= 11 is 6.94. The summed E-state index contributed by atoms with van der Waals surface area (Å²) in [5.74, 6) is -2.53. The fourth-order valence-corrected chi connectivity index (χ4v) is 7.68. The Bertz CT molecular complexity index is 1730. The third-order valence-corrected chi connectivity index (χ3v) is 9.79. The third kappa shape index (κ3) is 5.45. The molecule has 3 aliphatic heterocycles. The van der Waals surface area contributed by atoms with Gasteiger partial charge in [0.1, 0.15) is 23.6 Å². The number of thioether (sulfide) groups is 1. The number of nitrogens with zero attached hydrogens (tertiary/aromatic N) is 5. The molecule has 6 rings (SSSR count). The molecule has 0 spiro atoms. The Morgan fingerprint density at radius 1 is 1.11 bits per heavy atom. The molecule has 2 aromatic carbocycles. The summed E-state index contributed by atoms with van der Waals surface area (Å²) in [5, 5.41) is -0.537. The lowest BCUT2D eigenvalue weighted by atomic mass is 9.95. The predicted octanol–water partition coefficient (Wildman–Crippen LogP) is 5.54. The predicted molar refractivity (Wildman–Crippen MR) is 156 cm³/mol. The molecule has 7 nitrogen and oxygen atoms in total. The zero-order chi connectivity index (χ0) is 31.5. The number of piperazine rings is 1. The van der Waals surface area contributed by atoms with Crippen LogP contribution in [0.15, 0.2) is 40.5 Å². The number of carbonyl (C=O) groups excluding carboxylic acids is 1. The average molecular weight is 658 g/mol. The van der Waals surface area contributed by atoms with Gasteiger partial charge in [-0.15, -0.1) is 11.8 Å². The van der Waals surface area contributed by atoms with Crippen LogP contribution in [0.25, 0.3) is 22.0 Å². The number of likely N-dealkylation sites (tertiary alicyclic amines) is 1. The molecule has 0 radical (unpaired) electrons. The second kappa shape index (κ2) is 11.6. The molecule has 15 heteroatoms. The van der Waals surface area contributed by atoms with Gasteiger partial charge in [-0.3, -0.25) is 14.3 Å². The molecule has 3 aliphatic rings. The Kier molecular flexibility index (Phi) is 8.12. The van der Waals surface area contributed by atoms with Crippen molar-refractivity contribution >= 4 is 46.0 Å². The number of alkyl halides is 4. The summed E-state index contributed by atoms with van der Waals surface area (Å²) in [6.07, 6.45) is -4.50. The van der Waals surface area contributed by atoms with Gasteiger partial charge in [0.25, 0.3) is 0 Å². The van der Waals surface area contributed by atoms with Crippen LogP contribution in [0.1, 0.15) is 18.0 Å². The molecule has 0 aliphatic carbocycles. The van der Waals surface area contributed by atoms with Gasteiger partial charge in [-0.1, -0.05) is 18.2 Å². The molecule has 0 bridgehead atoms. The van der Waals surface area contributed by atoms with Crippen molar-refractivity contribution in [1.29, 1.82) is 0 Å². The standard InChI is InChI=1S/C29H26ClF6N5O2S/c1-2-23(42)39-5-7-40(8-6-39)27-18-9-19(29(34,35)36)24(17-10-20(30)22(33)11-21(17)32)26-25(18)41(28(43)37-27)16(14-44-26)13-38-4-3-15(31)12-38/h2,9-11,15-16H,1,3-8,12-14H2. The largest absolute Gasteiger partial charge is 0.417 e. The summed E-state index contributed by atoms with van der Waals surface area (Å²) in [5.41, 5.74) is -2.89. The molecule has 4 heterocycles. The molecular weight excluding hydrogens is 632 g/mol. The topological polar surface area (TPSA) is 61.7 Å². The fraction of sp³-hybridized carbons (Fsp3) is 0.414. The maximum absolute atomic E-state index is 15.2. The van der Waals surface area contributed by atoms with Crippen molar-refractivity contribution < 1.29 is 31.1 Å². The lowest BCUT2D eigenvalue weighted by Crippen LogP contribution is -2.49. The van der Waals surface area contributed by atoms with Gasteiger partial charge in [-0.2, -0.15) is 18.2 Å². The van der Waals surface area contributed by atoms with Crippen molar-refractivity contribution in [3.05, 3.63) is 63.6 Å². The van der Waals surface area contributed by atoms with Gasteiger partial charge in [-0.05, 0) is 24.6 Å². The highest BCUT2D eigenvalue weighted by atomic mass is 35.5. The first-order valence-corrected chi connectivity index (χ1v) is 15.2. The van der Waals surface area contributed by atoms with E-state index >= 15 is 4.39 Å². The molecule has 1 amide bonds. The van der Waals surface area contributed by atoms with Gasteiger partial charge in [0.2, 0.25) is 5.91 Å². The SMILES string of the molecule is C=CC(=O)N1CCN(c2nc(=O)n3c4c(c(-c5cc(Cl)c(F)cc5F)c(C(F)(F)F)cc24)SCC3CN2CCC(F)C2)CC1. The zero-order valence-electron chi connectivity index (χ0n) is 23.1. The van der Waals surface area contributed by atoms with E-state index in [-0.39, 0.29) is 72.5 Å². The second-order valence-corrected chi connectivity index (χ2v) is 12.4. The van der Waals surface area contributed by atoms with Crippen LogP contribution in [0.3, 0.4) is 0 Å². The highest BCUT2D eigenvalue weighted by molar-refractivity contribution is 7.99. The van der Waals surface area contributed by atoms with E-state index in [1.54, 1.807) is 4.90 Å². The van der Waals surface area contributed by atoms with Crippen LogP contribution in [-0.2, 0) is 11.0 Å². The molecule has 0 N–H and O–H groups in total. The van der Waals surface area contributed by atoms with Crippen LogP contribution in [0.2, 0.25) is 5.02 Å². The number of hydrogen-bond donors (Lipinski definition) is 0. The molecule has 2 unspecified atom stereocenters. The summed E-state index contributed by atoms with van der Waals surface area (Å²) in [4.78, 5) is 35.1. The van der Waals surface area contributed by atoms with Crippen molar-refractivity contribution in [3.8, 4) is 11.1 Å². The van der Waals surface area contributed by atoms with Crippen LogP contribution >= 0.6 is 23.4 Å². The summed E-state index contributed by atoms with van der Waals surface area (Å²) in [6, 6.07) is 1.53. The molecule has 1 aromatic heterocycles. The number of benzene rings is 2. The molecule has 2 atom stereocenters. The first kappa shape index (κ1) is 30.8. The molecule has 2 fully saturated rings. The first-order valence-electron chi connectivity index (χ1n) is 13.9. The van der Waals surface area contributed by atoms with E-state index in [0.29, 0.717) is 19.0 Å². The molecule has 0 saturated carbocycles. The highest BCUT2D eigenvalue weighted by Crippen LogP contribution is 2.50. The van der Waals surface area contributed by atoms with Crippen LogP contribution in [0, 0.1) is 11.6 Å². The maximum Gasteiger partial charge on any atom is 0.417 e. The van der Waals surface area contributed by atoms with Crippen LogP contribution in [-0.4, -0.2) is 83.0 Å². The number of halogens is 7. The number of carbonyl (C=O) groups is 1. The number of hydrogen-bond acceptors (Lipinski definition) is 6. The van der Waals surface area contributed by atoms with Gasteiger partial charge >= 0.3 is 11.9 Å². The van der Waals surface area contributed by atoms with E-state index in [2.05, 4.69) is 11.6 Å². The van der Waals surface area contributed by atoms with Gasteiger partial charge in [0, 0.05) is 79.0 Å². The Balaban J connectivity index is 1.60. The fourth-order valence-electron chi connectivity index (χ4n) is 6.19. The maximum atomic E-state index is 15.2. The van der Waals surface area contributed by atoms with Crippen LogP contribution in [0.4, 0.5) is 32.2 Å². The van der Waals surface area contributed by atoms with Crippen LogP contribution in [0.5, 0.6) is 0 Å². The summed E-state index contributed by atoms with van der Waals surface area (Å²) in [7, 11) is 0. The zero-order valence-corrected chi connectivity index (χ0v) is 24.7. The van der Waals surface area contributed by atoms with E-state index in [1.165, 1.54) is 15.5 Å².